The Morgan fingerprint density at radius 1 is 1.38 bits per heavy atom. The smallest absolute Gasteiger partial charge is 0.256 e. The van der Waals surface area contributed by atoms with E-state index in [2.05, 4.69) is 19.9 Å². The third-order valence-corrected chi connectivity index (χ3v) is 4.95. The molecule has 2 aromatic rings. The zero-order valence-corrected chi connectivity index (χ0v) is 14.0. The Kier molecular flexibility index (Phi) is 4.20. The fourth-order valence-corrected chi connectivity index (χ4v) is 3.73. The lowest BCUT2D eigenvalue weighted by atomic mass is 10.1. The molecule has 2 fully saturated rings. The molecule has 128 valence electrons. The Hall–Kier alpha value is -1.99. The highest BCUT2D eigenvalue weighted by molar-refractivity contribution is 6.04. The van der Waals surface area contributed by atoms with E-state index in [1.165, 1.54) is 0 Å². The number of fused-ring (bicyclic) bond motifs is 1. The molecule has 24 heavy (non-hydrogen) atoms. The second kappa shape index (κ2) is 6.49. The van der Waals surface area contributed by atoms with Crippen LogP contribution in [0.4, 0.5) is 0 Å². The highest BCUT2D eigenvalue weighted by atomic mass is 16.5. The number of hydrogen-bond donors (Lipinski definition) is 1. The minimum Gasteiger partial charge on any atom is -0.379 e. The Bertz CT molecular complexity index is 738. The number of imidazole rings is 1. The van der Waals surface area contributed by atoms with Crippen molar-refractivity contribution in [2.24, 2.45) is 0 Å². The van der Waals surface area contributed by atoms with Crippen LogP contribution in [0.1, 0.15) is 29.0 Å². The fraction of sp³-hybridized carbons (Fsp3) is 0.588. The molecule has 0 spiro atoms. The van der Waals surface area contributed by atoms with E-state index in [1.807, 2.05) is 11.8 Å². The van der Waals surface area contributed by atoms with Crippen molar-refractivity contribution in [3.63, 3.8) is 0 Å². The molecule has 7 heteroatoms. The van der Waals surface area contributed by atoms with Gasteiger partial charge in [-0.3, -0.25) is 9.69 Å². The standard InChI is InChI=1S/C17H23N5O2/c1-12-19-15-14(4-5-18-16(15)20-12)17(23)22-6-2-3-13(22)11-21-7-9-24-10-8-21/h4-5,13H,2-3,6-11H2,1H3,(H,18,19,20). The number of nitrogens with one attached hydrogen (secondary N) is 1. The van der Waals surface area contributed by atoms with E-state index in [-0.39, 0.29) is 11.9 Å². The lowest BCUT2D eigenvalue weighted by molar-refractivity contribution is 0.0261. The molecule has 2 saturated heterocycles. The van der Waals surface area contributed by atoms with Crippen molar-refractivity contribution in [2.75, 3.05) is 39.4 Å². The number of likely N-dealkylation sites (tertiary alicyclic amines) is 1. The number of carbonyl (C=O) groups excluding carboxylic acids is 1. The number of hydrogen-bond acceptors (Lipinski definition) is 5. The number of morpholine rings is 1. The van der Waals surface area contributed by atoms with Gasteiger partial charge in [0.05, 0.1) is 24.3 Å². The molecule has 0 aromatic carbocycles. The highest BCUT2D eigenvalue weighted by Gasteiger charge is 2.32. The predicted octanol–water partition coefficient (Wildman–Crippen LogP) is 1.20. The topological polar surface area (TPSA) is 74.3 Å². The van der Waals surface area contributed by atoms with Crippen LogP contribution in [0.15, 0.2) is 12.3 Å². The molecule has 0 aliphatic carbocycles. The van der Waals surface area contributed by atoms with Crippen LogP contribution in [0.2, 0.25) is 0 Å². The van der Waals surface area contributed by atoms with Gasteiger partial charge in [-0.25, -0.2) is 9.97 Å². The van der Waals surface area contributed by atoms with Crippen molar-refractivity contribution in [3.8, 4) is 0 Å². The first-order chi connectivity index (χ1) is 11.7. The van der Waals surface area contributed by atoms with Gasteiger partial charge in [-0.2, -0.15) is 0 Å². The van der Waals surface area contributed by atoms with Crippen molar-refractivity contribution in [2.45, 2.75) is 25.8 Å². The summed E-state index contributed by atoms with van der Waals surface area (Å²) in [4.78, 5) is 29.3. The first-order valence-electron chi connectivity index (χ1n) is 8.65. The van der Waals surface area contributed by atoms with Crippen LogP contribution in [0.3, 0.4) is 0 Å². The third kappa shape index (κ3) is 2.89. The van der Waals surface area contributed by atoms with E-state index in [4.69, 9.17) is 4.74 Å². The molecule has 4 heterocycles. The summed E-state index contributed by atoms with van der Waals surface area (Å²) in [5.41, 5.74) is 2.04. The summed E-state index contributed by atoms with van der Waals surface area (Å²) in [5, 5.41) is 0. The van der Waals surface area contributed by atoms with Gasteiger partial charge in [-0.1, -0.05) is 0 Å². The Balaban J connectivity index is 1.55. The van der Waals surface area contributed by atoms with Crippen molar-refractivity contribution in [1.82, 2.24) is 24.8 Å². The SMILES string of the molecule is Cc1nc2nccc(C(=O)N3CCCC3CN3CCOCC3)c2[nH]1. The lowest BCUT2D eigenvalue weighted by Gasteiger charge is -2.33. The molecular weight excluding hydrogens is 306 g/mol. The van der Waals surface area contributed by atoms with Crippen LogP contribution in [0.25, 0.3) is 11.2 Å². The molecule has 0 radical (unpaired) electrons. The number of aryl methyl sites for hydroxylation is 1. The summed E-state index contributed by atoms with van der Waals surface area (Å²) < 4.78 is 5.42. The van der Waals surface area contributed by atoms with Crippen LogP contribution in [-0.2, 0) is 4.74 Å². The summed E-state index contributed by atoms with van der Waals surface area (Å²) in [7, 11) is 0. The van der Waals surface area contributed by atoms with Crippen LogP contribution >= 0.6 is 0 Å². The maximum atomic E-state index is 13.1. The number of carbonyl (C=O) groups is 1. The summed E-state index contributed by atoms with van der Waals surface area (Å²) in [5.74, 6) is 0.867. The Labute approximate surface area is 141 Å². The minimum absolute atomic E-state index is 0.0850. The maximum Gasteiger partial charge on any atom is 0.256 e. The van der Waals surface area contributed by atoms with Crippen LogP contribution in [0.5, 0.6) is 0 Å². The van der Waals surface area contributed by atoms with Gasteiger partial charge in [-0.15, -0.1) is 0 Å². The van der Waals surface area contributed by atoms with Crippen LogP contribution in [0, 0.1) is 6.92 Å². The third-order valence-electron chi connectivity index (χ3n) is 4.95. The Morgan fingerprint density at radius 2 is 2.21 bits per heavy atom. The molecule has 1 atom stereocenters. The molecular formula is C17H23N5O2. The quantitative estimate of drug-likeness (QED) is 0.916. The Morgan fingerprint density at radius 3 is 3.04 bits per heavy atom. The molecule has 1 unspecified atom stereocenters. The van der Waals surface area contributed by atoms with Crippen LogP contribution in [-0.4, -0.2) is 76.1 Å². The molecule has 7 nitrogen and oxygen atoms in total. The van der Waals surface area contributed by atoms with Crippen molar-refractivity contribution >= 4 is 17.1 Å². The molecule has 4 rings (SSSR count). The fourth-order valence-electron chi connectivity index (χ4n) is 3.73. The van der Waals surface area contributed by atoms with Gasteiger partial charge in [-0.05, 0) is 25.8 Å². The zero-order valence-electron chi connectivity index (χ0n) is 14.0. The van der Waals surface area contributed by atoms with Gasteiger partial charge >= 0.3 is 0 Å². The molecule has 0 bridgehead atoms. The summed E-state index contributed by atoms with van der Waals surface area (Å²) in [6, 6.07) is 2.08. The van der Waals surface area contributed by atoms with E-state index in [9.17, 15) is 4.79 Å². The highest BCUT2D eigenvalue weighted by Crippen LogP contribution is 2.24. The molecule has 0 saturated carbocycles. The van der Waals surface area contributed by atoms with Crippen molar-refractivity contribution in [3.05, 3.63) is 23.7 Å². The first-order valence-corrected chi connectivity index (χ1v) is 8.65. The molecule has 1 N–H and O–H groups in total. The zero-order chi connectivity index (χ0) is 16.5. The second-order valence-electron chi connectivity index (χ2n) is 6.59. The molecule has 1 amide bonds. The van der Waals surface area contributed by atoms with Gasteiger partial charge in [0.1, 0.15) is 5.82 Å². The van der Waals surface area contributed by atoms with E-state index < -0.39 is 0 Å². The van der Waals surface area contributed by atoms with Crippen LogP contribution < -0.4 is 0 Å². The van der Waals surface area contributed by atoms with E-state index in [1.54, 1.807) is 12.3 Å². The second-order valence-corrected chi connectivity index (χ2v) is 6.59. The average molecular weight is 329 g/mol. The van der Waals surface area contributed by atoms with E-state index >= 15 is 0 Å². The van der Waals surface area contributed by atoms with Crippen molar-refractivity contribution in [1.29, 1.82) is 0 Å². The van der Waals surface area contributed by atoms with Gasteiger partial charge in [0.25, 0.3) is 5.91 Å². The van der Waals surface area contributed by atoms with E-state index in [0.29, 0.717) is 11.2 Å². The van der Waals surface area contributed by atoms with Gasteiger partial charge in [0.2, 0.25) is 0 Å². The molecule has 2 aromatic heterocycles. The number of aromatic nitrogens is 3. The number of amides is 1. The number of H-pyrrole nitrogens is 1. The average Bonchev–Trinajstić information content (AvgIpc) is 3.20. The maximum absolute atomic E-state index is 13.1. The molecule has 2 aliphatic heterocycles. The van der Waals surface area contributed by atoms with E-state index in [0.717, 1.165) is 63.6 Å². The lowest BCUT2D eigenvalue weighted by Crippen LogP contribution is -2.46. The summed E-state index contributed by atoms with van der Waals surface area (Å²) in [6.07, 6.45) is 3.80. The summed E-state index contributed by atoms with van der Waals surface area (Å²) in [6.45, 7) is 7.14. The molecule has 2 aliphatic rings. The van der Waals surface area contributed by atoms with Gasteiger partial charge < -0.3 is 14.6 Å². The number of pyridine rings is 1. The number of ether oxygens (including phenoxy) is 1. The number of aromatic amines is 1. The van der Waals surface area contributed by atoms with Gasteiger partial charge in [0.15, 0.2) is 5.65 Å². The monoisotopic (exact) mass is 329 g/mol. The van der Waals surface area contributed by atoms with Gasteiger partial charge in [0, 0.05) is 38.4 Å². The number of rotatable bonds is 3. The first kappa shape index (κ1) is 15.5. The largest absolute Gasteiger partial charge is 0.379 e. The summed E-state index contributed by atoms with van der Waals surface area (Å²) >= 11 is 0. The van der Waals surface area contributed by atoms with Crippen molar-refractivity contribution < 1.29 is 9.53 Å². The normalized spacial score (nSPS) is 22.4. The number of nitrogens with zero attached hydrogens (tertiary/aromatic N) is 4. The predicted molar refractivity (Wildman–Crippen MR) is 89.9 cm³/mol. The minimum atomic E-state index is 0.0850.